The molecule has 0 atom stereocenters. The molecule has 2 aromatic rings. The van der Waals surface area contributed by atoms with Gasteiger partial charge in [0.25, 0.3) is 0 Å². The number of nitrogens with zero attached hydrogens (tertiary/aromatic N) is 2. The molecule has 0 radical (unpaired) electrons. The molecule has 2 rings (SSSR count). The minimum absolute atomic E-state index is 0.484. The summed E-state index contributed by atoms with van der Waals surface area (Å²) in [7, 11) is 1.69. The van der Waals surface area contributed by atoms with Crippen molar-refractivity contribution in [3.8, 4) is 0 Å². The summed E-state index contributed by atoms with van der Waals surface area (Å²) in [4.78, 5) is 8.79. The molecular weight excluding hydrogens is 323 g/mol. The minimum Gasteiger partial charge on any atom is -0.385 e. The molecule has 0 aliphatic rings. The van der Waals surface area contributed by atoms with E-state index in [-0.39, 0.29) is 0 Å². The third-order valence-corrected chi connectivity index (χ3v) is 3.60. The van der Waals surface area contributed by atoms with Crippen molar-refractivity contribution in [3.63, 3.8) is 0 Å². The van der Waals surface area contributed by atoms with Crippen molar-refractivity contribution in [2.24, 2.45) is 0 Å². The molecule has 5 nitrogen and oxygen atoms in total. The van der Waals surface area contributed by atoms with E-state index in [9.17, 15) is 0 Å². The highest BCUT2D eigenvalue weighted by Crippen LogP contribution is 2.26. The maximum atomic E-state index is 6.00. The number of hydrogen-bond donors (Lipinski definition) is 2. The predicted octanol–water partition coefficient (Wildman–Crippen LogP) is 4.28. The Morgan fingerprint density at radius 3 is 2.68 bits per heavy atom. The van der Waals surface area contributed by atoms with Gasteiger partial charge < -0.3 is 15.4 Å². The lowest BCUT2D eigenvalue weighted by molar-refractivity contribution is 0.198. The Morgan fingerprint density at radius 1 is 1.14 bits per heavy atom. The van der Waals surface area contributed by atoms with Crippen LogP contribution in [-0.2, 0) is 4.74 Å². The number of aromatic nitrogens is 2. The molecule has 0 saturated heterocycles. The van der Waals surface area contributed by atoms with Gasteiger partial charge in [-0.15, -0.1) is 0 Å². The fraction of sp³-hybridized carbons (Fsp3) is 0.333. The van der Waals surface area contributed by atoms with E-state index in [1.807, 2.05) is 19.1 Å². The lowest BCUT2D eigenvalue weighted by atomic mass is 10.3. The van der Waals surface area contributed by atoms with Gasteiger partial charge in [-0.1, -0.05) is 23.2 Å². The third kappa shape index (κ3) is 5.02. The van der Waals surface area contributed by atoms with Gasteiger partial charge in [-0.2, -0.15) is 4.98 Å². The zero-order valence-corrected chi connectivity index (χ0v) is 14.0. The number of nitrogens with one attached hydrogen (secondary N) is 2. The molecule has 0 saturated carbocycles. The second-order valence-corrected chi connectivity index (χ2v) is 5.56. The van der Waals surface area contributed by atoms with Gasteiger partial charge in [0, 0.05) is 37.7 Å². The largest absolute Gasteiger partial charge is 0.385 e. The van der Waals surface area contributed by atoms with Gasteiger partial charge in [-0.25, -0.2) is 4.98 Å². The molecule has 1 aromatic carbocycles. The lowest BCUT2D eigenvalue weighted by Crippen LogP contribution is -2.08. The van der Waals surface area contributed by atoms with E-state index < -0.39 is 0 Å². The number of methoxy groups -OCH3 is 1. The van der Waals surface area contributed by atoms with Gasteiger partial charge in [0.2, 0.25) is 5.95 Å². The summed E-state index contributed by atoms with van der Waals surface area (Å²) in [6.45, 7) is 3.42. The van der Waals surface area contributed by atoms with Crippen LogP contribution in [0.25, 0.3) is 0 Å². The van der Waals surface area contributed by atoms with E-state index in [1.165, 1.54) is 0 Å². The van der Waals surface area contributed by atoms with Crippen LogP contribution in [0, 0.1) is 6.92 Å². The maximum absolute atomic E-state index is 6.00. The second kappa shape index (κ2) is 8.17. The summed E-state index contributed by atoms with van der Waals surface area (Å²) < 4.78 is 5.02. The molecule has 0 amide bonds. The zero-order valence-electron chi connectivity index (χ0n) is 12.5. The first-order valence-electron chi connectivity index (χ1n) is 6.89. The number of hydrogen-bond acceptors (Lipinski definition) is 5. The Hall–Kier alpha value is -1.56. The molecule has 0 bridgehead atoms. The Morgan fingerprint density at radius 2 is 1.95 bits per heavy atom. The van der Waals surface area contributed by atoms with Gasteiger partial charge in [0.15, 0.2) is 0 Å². The number of aryl methyl sites for hydroxylation is 1. The predicted molar refractivity (Wildman–Crippen MR) is 91.5 cm³/mol. The number of rotatable bonds is 7. The van der Waals surface area contributed by atoms with Crippen molar-refractivity contribution in [2.75, 3.05) is 30.9 Å². The van der Waals surface area contributed by atoms with Crippen molar-refractivity contribution in [1.82, 2.24) is 9.97 Å². The Labute approximate surface area is 140 Å². The average molecular weight is 341 g/mol. The van der Waals surface area contributed by atoms with Crippen LogP contribution in [-0.4, -0.2) is 30.2 Å². The first-order valence-corrected chi connectivity index (χ1v) is 7.64. The Bertz CT molecular complexity index is 637. The van der Waals surface area contributed by atoms with Gasteiger partial charge in [0.1, 0.15) is 5.82 Å². The fourth-order valence-corrected chi connectivity index (χ4v) is 2.15. The van der Waals surface area contributed by atoms with Gasteiger partial charge in [-0.05, 0) is 31.5 Å². The highest BCUT2D eigenvalue weighted by molar-refractivity contribution is 6.42. The van der Waals surface area contributed by atoms with Crippen LogP contribution in [0.3, 0.4) is 0 Å². The van der Waals surface area contributed by atoms with E-state index in [1.54, 1.807) is 19.2 Å². The summed E-state index contributed by atoms with van der Waals surface area (Å²) in [5.41, 5.74) is 1.65. The third-order valence-electron chi connectivity index (χ3n) is 2.86. The number of benzene rings is 1. The van der Waals surface area contributed by atoms with Crippen LogP contribution >= 0.6 is 23.2 Å². The van der Waals surface area contributed by atoms with Crippen LogP contribution in [0.4, 0.5) is 17.5 Å². The van der Waals surface area contributed by atoms with Crippen molar-refractivity contribution < 1.29 is 4.74 Å². The summed E-state index contributed by atoms with van der Waals surface area (Å²) in [6, 6.07) is 7.19. The van der Waals surface area contributed by atoms with Crippen molar-refractivity contribution in [3.05, 3.63) is 40.0 Å². The Kier molecular flexibility index (Phi) is 6.24. The van der Waals surface area contributed by atoms with Gasteiger partial charge >= 0.3 is 0 Å². The normalized spacial score (nSPS) is 10.5. The minimum atomic E-state index is 0.484. The number of anilines is 3. The van der Waals surface area contributed by atoms with Crippen LogP contribution in [0.5, 0.6) is 0 Å². The van der Waals surface area contributed by atoms with Crippen LogP contribution < -0.4 is 10.6 Å². The quantitative estimate of drug-likeness (QED) is 0.736. The second-order valence-electron chi connectivity index (χ2n) is 4.75. The van der Waals surface area contributed by atoms with Gasteiger partial charge in [0.05, 0.1) is 10.0 Å². The number of halogens is 2. The van der Waals surface area contributed by atoms with E-state index >= 15 is 0 Å². The molecule has 7 heteroatoms. The monoisotopic (exact) mass is 340 g/mol. The molecule has 22 heavy (non-hydrogen) atoms. The molecule has 0 aliphatic carbocycles. The zero-order chi connectivity index (χ0) is 15.9. The molecule has 0 fully saturated rings. The summed E-state index contributed by atoms with van der Waals surface area (Å²) in [5.74, 6) is 1.28. The maximum Gasteiger partial charge on any atom is 0.229 e. The van der Waals surface area contributed by atoms with Crippen LogP contribution in [0.1, 0.15) is 12.1 Å². The first kappa shape index (κ1) is 16.8. The van der Waals surface area contributed by atoms with Crippen LogP contribution in [0.15, 0.2) is 24.3 Å². The summed E-state index contributed by atoms with van der Waals surface area (Å²) >= 11 is 11.9. The molecule has 1 aromatic heterocycles. The van der Waals surface area contributed by atoms with Gasteiger partial charge in [-0.3, -0.25) is 0 Å². The summed E-state index contributed by atoms with van der Waals surface area (Å²) in [5, 5.41) is 7.37. The molecule has 1 heterocycles. The molecule has 2 N–H and O–H groups in total. The van der Waals surface area contributed by atoms with E-state index in [4.69, 9.17) is 27.9 Å². The highest BCUT2D eigenvalue weighted by atomic mass is 35.5. The van der Waals surface area contributed by atoms with Crippen molar-refractivity contribution in [1.29, 1.82) is 0 Å². The molecule has 0 spiro atoms. The van der Waals surface area contributed by atoms with E-state index in [2.05, 4.69) is 20.6 Å². The molecule has 0 aliphatic heterocycles. The topological polar surface area (TPSA) is 59.1 Å². The lowest BCUT2D eigenvalue weighted by Gasteiger charge is -2.10. The first-order chi connectivity index (χ1) is 10.6. The van der Waals surface area contributed by atoms with Crippen LogP contribution in [0.2, 0.25) is 10.0 Å². The standard InChI is InChI=1S/C15H18Cl2N4O/c1-10-8-14(18-6-3-7-22-2)21-15(19-10)20-11-4-5-12(16)13(17)9-11/h4-5,8-9H,3,6-7H2,1-2H3,(H2,18,19,20,21). The average Bonchev–Trinajstić information content (AvgIpc) is 2.47. The molecular formula is C15H18Cl2N4O. The SMILES string of the molecule is COCCCNc1cc(C)nc(Nc2ccc(Cl)c(Cl)c2)n1. The fourth-order valence-electron chi connectivity index (χ4n) is 1.85. The molecule has 0 unspecified atom stereocenters. The number of ether oxygens (including phenoxy) is 1. The van der Waals surface area contributed by atoms with Crippen molar-refractivity contribution >= 4 is 40.7 Å². The smallest absolute Gasteiger partial charge is 0.229 e. The molecule has 118 valence electrons. The summed E-state index contributed by atoms with van der Waals surface area (Å²) in [6.07, 6.45) is 0.912. The van der Waals surface area contributed by atoms with E-state index in [0.717, 1.165) is 30.2 Å². The van der Waals surface area contributed by atoms with Crippen molar-refractivity contribution in [2.45, 2.75) is 13.3 Å². The van der Waals surface area contributed by atoms with E-state index in [0.29, 0.717) is 22.6 Å². The highest BCUT2D eigenvalue weighted by Gasteiger charge is 2.04. The Balaban J connectivity index is 2.06.